The Morgan fingerprint density at radius 1 is 1.20 bits per heavy atom. The Labute approximate surface area is 120 Å². The smallest absolute Gasteiger partial charge is 0.171 e. The van der Waals surface area contributed by atoms with Crippen LogP contribution in [-0.4, -0.2) is 56.0 Å². The fourth-order valence-electron chi connectivity index (χ4n) is 3.41. The van der Waals surface area contributed by atoms with Crippen LogP contribution in [0.1, 0.15) is 25.7 Å². The van der Waals surface area contributed by atoms with Gasteiger partial charge in [-0.25, -0.2) is 0 Å². The van der Waals surface area contributed by atoms with Crippen LogP contribution >= 0.6 is 0 Å². The van der Waals surface area contributed by atoms with Crippen LogP contribution in [0.2, 0.25) is 0 Å². The summed E-state index contributed by atoms with van der Waals surface area (Å²) in [5.74, 6) is 1.82. The van der Waals surface area contributed by atoms with Gasteiger partial charge in [-0.2, -0.15) is 0 Å². The first-order valence-corrected chi connectivity index (χ1v) is 7.75. The second-order valence-corrected chi connectivity index (χ2v) is 6.02. The van der Waals surface area contributed by atoms with E-state index in [-0.39, 0.29) is 0 Å². The highest BCUT2D eigenvalue weighted by atomic mass is 16.5. The van der Waals surface area contributed by atoms with Gasteiger partial charge < -0.3 is 19.1 Å². The number of anilines is 1. The summed E-state index contributed by atoms with van der Waals surface area (Å²) in [6.45, 7) is 5.85. The van der Waals surface area contributed by atoms with Gasteiger partial charge in [-0.05, 0) is 31.6 Å². The molecule has 2 saturated heterocycles. The lowest BCUT2D eigenvalue weighted by atomic mass is 9.95. The van der Waals surface area contributed by atoms with Crippen molar-refractivity contribution in [3.8, 4) is 0 Å². The van der Waals surface area contributed by atoms with Gasteiger partial charge in [-0.3, -0.25) is 0 Å². The Morgan fingerprint density at radius 3 is 2.55 bits per heavy atom. The molecule has 3 heterocycles. The van der Waals surface area contributed by atoms with Crippen LogP contribution in [-0.2, 0) is 4.74 Å². The minimum Gasteiger partial charge on any atom is -0.381 e. The molecule has 2 fully saturated rings. The van der Waals surface area contributed by atoms with E-state index in [0.29, 0.717) is 6.10 Å². The number of piperidine rings is 2. The molecule has 1 aromatic heterocycles. The predicted molar refractivity (Wildman–Crippen MR) is 77.9 cm³/mol. The Hall–Kier alpha value is -1.07. The average Bonchev–Trinajstić information content (AvgIpc) is 3.03. The van der Waals surface area contributed by atoms with Gasteiger partial charge in [0.2, 0.25) is 0 Å². The fraction of sp³-hybridized carbons (Fsp3) is 0.800. The number of aromatic nitrogens is 1. The zero-order valence-corrected chi connectivity index (χ0v) is 12.3. The first kappa shape index (κ1) is 13.9. The van der Waals surface area contributed by atoms with Gasteiger partial charge in [0.25, 0.3) is 0 Å². The molecule has 5 heteroatoms. The van der Waals surface area contributed by atoms with Crippen LogP contribution in [0, 0.1) is 5.92 Å². The third-order valence-electron chi connectivity index (χ3n) is 4.75. The predicted octanol–water partition coefficient (Wildman–Crippen LogP) is 2.00. The van der Waals surface area contributed by atoms with Gasteiger partial charge in [0.05, 0.1) is 6.10 Å². The summed E-state index contributed by atoms with van der Waals surface area (Å²) in [6.07, 6.45) is 7.04. The van der Waals surface area contributed by atoms with Crippen molar-refractivity contribution in [1.29, 1.82) is 0 Å². The third kappa shape index (κ3) is 3.33. The van der Waals surface area contributed by atoms with E-state index in [2.05, 4.69) is 15.0 Å². The Kier molecular flexibility index (Phi) is 4.58. The largest absolute Gasteiger partial charge is 0.381 e. The number of methoxy groups -OCH3 is 1. The zero-order chi connectivity index (χ0) is 13.8. The maximum atomic E-state index is 5.44. The lowest BCUT2D eigenvalue weighted by Crippen LogP contribution is -2.42. The summed E-state index contributed by atoms with van der Waals surface area (Å²) in [5.41, 5.74) is 0. The molecular weight excluding hydrogens is 254 g/mol. The van der Waals surface area contributed by atoms with Crippen LogP contribution in [0.4, 0.5) is 5.82 Å². The van der Waals surface area contributed by atoms with Crippen molar-refractivity contribution in [3.63, 3.8) is 0 Å². The van der Waals surface area contributed by atoms with Gasteiger partial charge in [0.15, 0.2) is 5.82 Å². The molecular formula is C15H25N3O2. The topological polar surface area (TPSA) is 41.7 Å². The summed E-state index contributed by atoms with van der Waals surface area (Å²) in [4.78, 5) is 4.95. The molecule has 0 bridgehead atoms. The molecule has 0 atom stereocenters. The minimum atomic E-state index is 0.486. The van der Waals surface area contributed by atoms with E-state index in [0.717, 1.165) is 24.8 Å². The third-order valence-corrected chi connectivity index (χ3v) is 4.75. The van der Waals surface area contributed by atoms with Crippen LogP contribution < -0.4 is 4.90 Å². The molecule has 20 heavy (non-hydrogen) atoms. The van der Waals surface area contributed by atoms with Crippen LogP contribution in [0.15, 0.2) is 16.9 Å². The quantitative estimate of drug-likeness (QED) is 0.843. The molecule has 0 aliphatic carbocycles. The van der Waals surface area contributed by atoms with E-state index in [1.807, 2.05) is 13.2 Å². The molecule has 0 amide bonds. The highest BCUT2D eigenvalue weighted by Gasteiger charge is 2.25. The lowest BCUT2D eigenvalue weighted by Gasteiger charge is -2.37. The molecule has 2 aliphatic rings. The number of hydrogen-bond donors (Lipinski definition) is 0. The number of hydrogen-bond acceptors (Lipinski definition) is 5. The van der Waals surface area contributed by atoms with Gasteiger partial charge in [0, 0.05) is 45.9 Å². The minimum absolute atomic E-state index is 0.486. The SMILES string of the molecule is COC1CCN(CC2CCN(c3ccon3)CC2)CC1. The summed E-state index contributed by atoms with van der Waals surface area (Å²) in [7, 11) is 1.83. The van der Waals surface area contributed by atoms with Gasteiger partial charge >= 0.3 is 0 Å². The van der Waals surface area contributed by atoms with Crippen molar-refractivity contribution in [3.05, 3.63) is 12.3 Å². The molecule has 0 spiro atoms. The van der Waals surface area contributed by atoms with Crippen molar-refractivity contribution in [2.45, 2.75) is 31.8 Å². The Morgan fingerprint density at radius 2 is 1.95 bits per heavy atom. The van der Waals surface area contributed by atoms with E-state index >= 15 is 0 Å². The molecule has 5 nitrogen and oxygen atoms in total. The summed E-state index contributed by atoms with van der Waals surface area (Å²) >= 11 is 0. The van der Waals surface area contributed by atoms with Crippen molar-refractivity contribution >= 4 is 5.82 Å². The number of ether oxygens (including phenoxy) is 1. The van der Waals surface area contributed by atoms with Gasteiger partial charge in [-0.15, -0.1) is 0 Å². The average molecular weight is 279 g/mol. The number of likely N-dealkylation sites (tertiary alicyclic amines) is 1. The molecule has 0 unspecified atom stereocenters. The molecule has 112 valence electrons. The van der Waals surface area contributed by atoms with Crippen molar-refractivity contribution < 1.29 is 9.26 Å². The molecule has 0 radical (unpaired) electrons. The summed E-state index contributed by atoms with van der Waals surface area (Å²) in [6, 6.07) is 1.95. The second-order valence-electron chi connectivity index (χ2n) is 6.02. The highest BCUT2D eigenvalue weighted by molar-refractivity contribution is 5.35. The van der Waals surface area contributed by atoms with Crippen molar-refractivity contribution in [2.75, 3.05) is 44.7 Å². The van der Waals surface area contributed by atoms with Gasteiger partial charge in [-0.1, -0.05) is 5.16 Å². The lowest BCUT2D eigenvalue weighted by molar-refractivity contribution is 0.0353. The molecule has 0 N–H and O–H groups in total. The van der Waals surface area contributed by atoms with Crippen LogP contribution in [0.3, 0.4) is 0 Å². The standard InChI is InChI=1S/C15H25N3O2/c1-19-14-4-7-17(8-5-14)12-13-2-9-18(10-3-13)15-6-11-20-16-15/h6,11,13-14H,2-5,7-10,12H2,1H3. The van der Waals surface area contributed by atoms with Crippen molar-refractivity contribution in [1.82, 2.24) is 10.1 Å². The maximum Gasteiger partial charge on any atom is 0.171 e. The molecule has 0 saturated carbocycles. The molecule has 0 aromatic carbocycles. The fourth-order valence-corrected chi connectivity index (χ4v) is 3.41. The number of rotatable bonds is 4. The molecule has 2 aliphatic heterocycles. The Balaban J connectivity index is 1.41. The first-order valence-electron chi connectivity index (χ1n) is 7.75. The monoisotopic (exact) mass is 279 g/mol. The molecule has 3 rings (SSSR count). The van der Waals surface area contributed by atoms with E-state index in [9.17, 15) is 0 Å². The van der Waals surface area contributed by atoms with Crippen LogP contribution in [0.5, 0.6) is 0 Å². The van der Waals surface area contributed by atoms with E-state index < -0.39 is 0 Å². The van der Waals surface area contributed by atoms with E-state index in [1.165, 1.54) is 45.3 Å². The van der Waals surface area contributed by atoms with Crippen molar-refractivity contribution in [2.24, 2.45) is 5.92 Å². The summed E-state index contributed by atoms with van der Waals surface area (Å²) < 4.78 is 10.4. The second kappa shape index (κ2) is 6.59. The summed E-state index contributed by atoms with van der Waals surface area (Å²) in [5, 5.41) is 4.02. The number of nitrogens with zero attached hydrogens (tertiary/aromatic N) is 3. The highest BCUT2D eigenvalue weighted by Crippen LogP contribution is 2.24. The van der Waals surface area contributed by atoms with E-state index in [4.69, 9.17) is 9.26 Å². The van der Waals surface area contributed by atoms with Gasteiger partial charge in [0.1, 0.15) is 6.26 Å². The Bertz CT molecular complexity index is 380. The maximum absolute atomic E-state index is 5.44. The first-order chi connectivity index (χ1) is 9.85. The van der Waals surface area contributed by atoms with Crippen LogP contribution in [0.25, 0.3) is 0 Å². The van der Waals surface area contributed by atoms with E-state index in [1.54, 1.807) is 6.26 Å². The normalized spacial score (nSPS) is 23.4. The zero-order valence-electron chi connectivity index (χ0n) is 12.3. The molecule has 1 aromatic rings.